The quantitative estimate of drug-likeness (QED) is 0.191. The number of carbonyl (C=O) groups is 2. The summed E-state index contributed by atoms with van der Waals surface area (Å²) in [6.45, 7) is 7.06. The smallest absolute Gasteiger partial charge is 0.264 e. The molecule has 0 fully saturated rings. The lowest BCUT2D eigenvalue weighted by Gasteiger charge is -2.33. The van der Waals surface area contributed by atoms with E-state index in [0.717, 1.165) is 15.4 Å². The first-order valence-electron chi connectivity index (χ1n) is 14.6. The Morgan fingerprint density at radius 3 is 1.93 bits per heavy atom. The van der Waals surface area contributed by atoms with Gasteiger partial charge in [0.25, 0.3) is 10.0 Å². The fourth-order valence-electron chi connectivity index (χ4n) is 4.75. The summed E-state index contributed by atoms with van der Waals surface area (Å²) in [4.78, 5) is 29.0. The summed E-state index contributed by atoms with van der Waals surface area (Å²) in [5, 5.41) is 2.91. The van der Waals surface area contributed by atoms with Crippen LogP contribution in [-0.2, 0) is 26.2 Å². The average Bonchev–Trinajstić information content (AvgIpc) is 3.01. The van der Waals surface area contributed by atoms with Crippen LogP contribution < -0.4 is 14.4 Å². The average molecular weight is 614 g/mol. The van der Waals surface area contributed by atoms with Crippen molar-refractivity contribution in [2.45, 2.75) is 57.6 Å². The summed E-state index contributed by atoms with van der Waals surface area (Å²) in [6.07, 6.45) is 0.355. The van der Waals surface area contributed by atoms with Crippen molar-refractivity contribution in [1.29, 1.82) is 0 Å². The van der Waals surface area contributed by atoms with E-state index in [0.29, 0.717) is 23.6 Å². The molecule has 8 nitrogen and oxygen atoms in total. The first-order chi connectivity index (χ1) is 21.1. The first kappa shape index (κ1) is 32.3. The Hall–Kier alpha value is -4.63. The topological polar surface area (TPSA) is 96.0 Å². The molecule has 0 saturated heterocycles. The molecule has 0 heterocycles. The van der Waals surface area contributed by atoms with Crippen molar-refractivity contribution in [3.8, 4) is 11.5 Å². The highest BCUT2D eigenvalue weighted by molar-refractivity contribution is 7.92. The molecular weight excluding hydrogens is 574 g/mol. The molecule has 2 amide bonds. The van der Waals surface area contributed by atoms with Crippen LogP contribution >= 0.6 is 0 Å². The van der Waals surface area contributed by atoms with Gasteiger partial charge in [0.1, 0.15) is 24.1 Å². The third-order valence-electron chi connectivity index (χ3n) is 7.00. The minimum atomic E-state index is -4.17. The number of carbonyl (C=O) groups excluding carboxylic acids is 2. The van der Waals surface area contributed by atoms with E-state index in [4.69, 9.17) is 4.74 Å². The maximum atomic E-state index is 14.2. The zero-order chi connectivity index (χ0) is 31.7. The Balaban J connectivity index is 1.72. The number of hydrogen-bond donors (Lipinski definition) is 1. The summed E-state index contributed by atoms with van der Waals surface area (Å²) < 4.78 is 35.2. The van der Waals surface area contributed by atoms with Crippen molar-refractivity contribution in [2.75, 3.05) is 10.8 Å². The Morgan fingerprint density at radius 1 is 0.795 bits per heavy atom. The summed E-state index contributed by atoms with van der Waals surface area (Å²) in [5.74, 6) is 0.365. The minimum Gasteiger partial charge on any atom is -0.457 e. The molecule has 0 aliphatic carbocycles. The number of benzene rings is 4. The largest absolute Gasteiger partial charge is 0.457 e. The van der Waals surface area contributed by atoms with Gasteiger partial charge in [-0.25, -0.2) is 8.42 Å². The van der Waals surface area contributed by atoms with Crippen molar-refractivity contribution < 1.29 is 22.7 Å². The molecule has 0 aliphatic heterocycles. The predicted octanol–water partition coefficient (Wildman–Crippen LogP) is 6.31. The number of aryl methyl sites for hydroxylation is 1. The molecule has 1 N–H and O–H groups in total. The van der Waals surface area contributed by atoms with Crippen molar-refractivity contribution >= 4 is 27.5 Å². The standard InChI is InChI=1S/C35H39N3O5S/c1-5-33(35(40)36-26(2)3)37(24-28-12-8-6-9-13-28)34(39)25-38(44(41,42)32-22-16-27(4)17-23-32)29-18-20-31(21-19-29)43-30-14-10-7-11-15-30/h6-23,26,33H,5,24-25H2,1-4H3,(H,36,40). The van der Waals surface area contributed by atoms with Crippen LogP contribution in [0.4, 0.5) is 5.69 Å². The SMILES string of the molecule is CCC(C(=O)NC(C)C)N(Cc1ccccc1)C(=O)CN(c1ccc(Oc2ccccc2)cc1)S(=O)(=O)c1ccc(C)cc1. The van der Waals surface area contributed by atoms with Crippen LogP contribution in [-0.4, -0.2) is 43.8 Å². The van der Waals surface area contributed by atoms with E-state index >= 15 is 0 Å². The van der Waals surface area contributed by atoms with Gasteiger partial charge in [-0.05, 0) is 81.3 Å². The van der Waals surface area contributed by atoms with E-state index < -0.39 is 28.5 Å². The normalized spacial score (nSPS) is 11.9. The molecule has 44 heavy (non-hydrogen) atoms. The second kappa shape index (κ2) is 14.7. The lowest BCUT2D eigenvalue weighted by molar-refractivity contribution is -0.140. The maximum absolute atomic E-state index is 14.2. The maximum Gasteiger partial charge on any atom is 0.264 e. The monoisotopic (exact) mass is 613 g/mol. The van der Waals surface area contributed by atoms with Crippen LogP contribution in [0.2, 0.25) is 0 Å². The molecule has 0 radical (unpaired) electrons. The van der Waals surface area contributed by atoms with Gasteiger partial charge in [0.2, 0.25) is 11.8 Å². The van der Waals surface area contributed by atoms with E-state index in [-0.39, 0.29) is 23.4 Å². The highest BCUT2D eigenvalue weighted by Crippen LogP contribution is 2.29. The molecule has 0 aliphatic rings. The summed E-state index contributed by atoms with van der Waals surface area (Å²) in [6, 6.07) is 30.7. The molecule has 230 valence electrons. The van der Waals surface area contributed by atoms with Crippen LogP contribution in [0.15, 0.2) is 114 Å². The van der Waals surface area contributed by atoms with Gasteiger partial charge in [-0.15, -0.1) is 0 Å². The Bertz CT molecular complexity index is 1630. The fraction of sp³-hybridized carbons (Fsp3) is 0.257. The van der Waals surface area contributed by atoms with Crippen LogP contribution in [0.3, 0.4) is 0 Å². The summed E-state index contributed by atoms with van der Waals surface area (Å²) >= 11 is 0. The number of anilines is 1. The molecule has 0 bridgehead atoms. The Morgan fingerprint density at radius 2 is 1.36 bits per heavy atom. The zero-order valence-corrected chi connectivity index (χ0v) is 26.3. The number of sulfonamides is 1. The van der Waals surface area contributed by atoms with E-state index in [1.54, 1.807) is 36.4 Å². The Labute approximate surface area is 260 Å². The van der Waals surface area contributed by atoms with Gasteiger partial charge in [0.05, 0.1) is 10.6 Å². The van der Waals surface area contributed by atoms with E-state index in [9.17, 15) is 18.0 Å². The molecular formula is C35H39N3O5S. The van der Waals surface area contributed by atoms with Crippen LogP contribution in [0.25, 0.3) is 0 Å². The highest BCUT2D eigenvalue weighted by Gasteiger charge is 2.33. The van der Waals surface area contributed by atoms with Gasteiger partial charge < -0.3 is 15.0 Å². The van der Waals surface area contributed by atoms with E-state index in [1.807, 2.05) is 88.4 Å². The zero-order valence-electron chi connectivity index (χ0n) is 25.5. The van der Waals surface area contributed by atoms with Gasteiger partial charge in [0, 0.05) is 12.6 Å². The van der Waals surface area contributed by atoms with Gasteiger partial charge in [0.15, 0.2) is 0 Å². The molecule has 1 unspecified atom stereocenters. The highest BCUT2D eigenvalue weighted by atomic mass is 32.2. The third kappa shape index (κ3) is 8.26. The second-order valence-electron chi connectivity index (χ2n) is 10.8. The molecule has 0 aromatic heterocycles. The summed E-state index contributed by atoms with van der Waals surface area (Å²) in [5.41, 5.74) is 2.02. The number of para-hydroxylation sites is 1. The number of nitrogens with one attached hydrogen (secondary N) is 1. The molecule has 9 heteroatoms. The Kier molecular flexibility index (Phi) is 10.8. The fourth-order valence-corrected chi connectivity index (χ4v) is 6.17. The number of ether oxygens (including phenoxy) is 1. The van der Waals surface area contributed by atoms with Crippen LogP contribution in [0, 0.1) is 6.92 Å². The van der Waals surface area contributed by atoms with E-state index in [2.05, 4.69) is 5.32 Å². The van der Waals surface area contributed by atoms with Crippen molar-refractivity contribution in [3.63, 3.8) is 0 Å². The predicted molar refractivity (Wildman–Crippen MR) is 173 cm³/mol. The molecule has 4 aromatic carbocycles. The third-order valence-corrected chi connectivity index (χ3v) is 8.79. The minimum absolute atomic E-state index is 0.0553. The number of hydrogen-bond acceptors (Lipinski definition) is 5. The van der Waals surface area contributed by atoms with Gasteiger partial charge >= 0.3 is 0 Å². The van der Waals surface area contributed by atoms with E-state index in [1.165, 1.54) is 17.0 Å². The molecule has 0 spiro atoms. The van der Waals surface area contributed by atoms with Crippen molar-refractivity contribution in [1.82, 2.24) is 10.2 Å². The second-order valence-corrected chi connectivity index (χ2v) is 12.7. The van der Waals surface area contributed by atoms with Gasteiger partial charge in [-0.2, -0.15) is 0 Å². The molecule has 4 aromatic rings. The number of rotatable bonds is 13. The van der Waals surface area contributed by atoms with Gasteiger partial charge in [-0.3, -0.25) is 13.9 Å². The molecule has 0 saturated carbocycles. The molecule has 1 atom stereocenters. The molecule has 4 rings (SSSR count). The van der Waals surface area contributed by atoms with Crippen LogP contribution in [0.5, 0.6) is 11.5 Å². The van der Waals surface area contributed by atoms with Crippen molar-refractivity contribution in [2.24, 2.45) is 0 Å². The van der Waals surface area contributed by atoms with Crippen LogP contribution in [0.1, 0.15) is 38.3 Å². The first-order valence-corrected chi connectivity index (χ1v) is 16.1. The van der Waals surface area contributed by atoms with Crippen molar-refractivity contribution in [3.05, 3.63) is 120 Å². The lowest BCUT2D eigenvalue weighted by atomic mass is 10.1. The number of nitrogens with zero attached hydrogens (tertiary/aromatic N) is 2. The summed E-state index contributed by atoms with van der Waals surface area (Å²) in [7, 11) is -4.17. The van der Waals surface area contributed by atoms with Gasteiger partial charge in [-0.1, -0.05) is 73.2 Å². The lowest BCUT2D eigenvalue weighted by Crippen LogP contribution is -2.53. The number of amides is 2.